The van der Waals surface area contributed by atoms with Crippen molar-refractivity contribution < 1.29 is 26.3 Å². The molecule has 2 aromatic carbocycles. The molecule has 194 valence electrons. The number of hydrogen-bond donors (Lipinski definition) is 0. The predicted molar refractivity (Wildman–Crippen MR) is 132 cm³/mol. The summed E-state index contributed by atoms with van der Waals surface area (Å²) in [5.41, 5.74) is 1.57. The van der Waals surface area contributed by atoms with Crippen LogP contribution in [-0.2, 0) is 27.1 Å². The Morgan fingerprint density at radius 3 is 2.58 bits per heavy atom. The van der Waals surface area contributed by atoms with E-state index in [1.807, 2.05) is 4.57 Å². The van der Waals surface area contributed by atoms with Crippen molar-refractivity contribution in [3.63, 3.8) is 0 Å². The van der Waals surface area contributed by atoms with E-state index in [9.17, 15) is 21.6 Å². The maximum absolute atomic E-state index is 13.7. The standard InChI is InChI=1S/C25H28F3N3O3S2/c1-16-4-2-8-30(13-16)36(32,33)19-6-7-23-22(12-19)29-25(31(23)14-18-5-3-9-34-18)35-15-17-10-20(26)24(28)21(27)11-17/h6-7,10-12,16,18H,2-5,8-9,13-15H2,1H3/t16-,18-/m1/s1. The van der Waals surface area contributed by atoms with E-state index in [2.05, 4.69) is 6.92 Å². The quantitative estimate of drug-likeness (QED) is 0.299. The fourth-order valence-electron chi connectivity index (χ4n) is 4.88. The second kappa shape index (κ2) is 10.4. The van der Waals surface area contributed by atoms with Crippen LogP contribution in [0.3, 0.4) is 0 Å². The summed E-state index contributed by atoms with van der Waals surface area (Å²) in [6.45, 7) is 4.27. The van der Waals surface area contributed by atoms with Gasteiger partial charge in [-0.25, -0.2) is 26.6 Å². The molecular formula is C25H28F3N3O3S2. The summed E-state index contributed by atoms with van der Waals surface area (Å²) in [5, 5.41) is 0.576. The number of piperidine rings is 1. The average Bonchev–Trinajstić information content (AvgIpc) is 3.49. The maximum Gasteiger partial charge on any atom is 0.243 e. The van der Waals surface area contributed by atoms with Crippen molar-refractivity contribution in [1.82, 2.24) is 13.9 Å². The highest BCUT2D eigenvalue weighted by molar-refractivity contribution is 7.98. The summed E-state index contributed by atoms with van der Waals surface area (Å²) in [7, 11) is -3.65. The van der Waals surface area contributed by atoms with E-state index in [1.165, 1.54) is 11.8 Å². The van der Waals surface area contributed by atoms with Gasteiger partial charge < -0.3 is 9.30 Å². The molecule has 3 heterocycles. The molecule has 11 heteroatoms. The second-order valence-electron chi connectivity index (χ2n) is 9.56. The van der Waals surface area contributed by atoms with E-state index in [0.717, 1.165) is 43.3 Å². The Kier molecular flexibility index (Phi) is 7.35. The first-order chi connectivity index (χ1) is 17.2. The van der Waals surface area contributed by atoms with Crippen LogP contribution in [0, 0.1) is 23.4 Å². The lowest BCUT2D eigenvalue weighted by atomic mass is 10.0. The minimum Gasteiger partial charge on any atom is -0.376 e. The van der Waals surface area contributed by atoms with Crippen molar-refractivity contribution in [2.75, 3.05) is 19.7 Å². The fraction of sp³-hybridized carbons (Fsp3) is 0.480. The first kappa shape index (κ1) is 25.6. The molecule has 2 saturated heterocycles. The lowest BCUT2D eigenvalue weighted by molar-refractivity contribution is 0.0960. The van der Waals surface area contributed by atoms with Gasteiger partial charge in [0.05, 0.1) is 28.6 Å². The first-order valence-electron chi connectivity index (χ1n) is 12.1. The lowest BCUT2D eigenvalue weighted by Gasteiger charge is -2.30. The zero-order valence-corrected chi connectivity index (χ0v) is 21.6. The van der Waals surface area contributed by atoms with Crippen molar-refractivity contribution in [3.8, 4) is 0 Å². The molecule has 0 unspecified atom stereocenters. The van der Waals surface area contributed by atoms with Gasteiger partial charge in [-0.05, 0) is 67.5 Å². The van der Waals surface area contributed by atoms with Gasteiger partial charge >= 0.3 is 0 Å². The van der Waals surface area contributed by atoms with Crippen molar-refractivity contribution >= 4 is 32.8 Å². The second-order valence-corrected chi connectivity index (χ2v) is 12.4. The Bertz CT molecular complexity index is 1350. The average molecular weight is 540 g/mol. The third-order valence-electron chi connectivity index (χ3n) is 6.76. The number of thioether (sulfide) groups is 1. The maximum atomic E-state index is 13.7. The number of aromatic nitrogens is 2. The SMILES string of the molecule is C[C@@H]1CCCN(S(=O)(=O)c2ccc3c(c2)nc(SCc2cc(F)c(F)c(F)c2)n3C[C@H]2CCCO2)C1. The molecule has 0 radical (unpaired) electrons. The Labute approximate surface area is 212 Å². The minimum absolute atomic E-state index is 0.000654. The van der Waals surface area contributed by atoms with E-state index in [4.69, 9.17) is 9.72 Å². The van der Waals surface area contributed by atoms with Crippen LogP contribution in [0.25, 0.3) is 11.0 Å². The molecule has 0 N–H and O–H groups in total. The highest BCUT2D eigenvalue weighted by atomic mass is 32.2. The summed E-state index contributed by atoms with van der Waals surface area (Å²) >= 11 is 1.25. The number of rotatable bonds is 7. The number of imidazole rings is 1. The summed E-state index contributed by atoms with van der Waals surface area (Å²) < 4.78 is 76.7. The van der Waals surface area contributed by atoms with Crippen LogP contribution in [0.5, 0.6) is 0 Å². The van der Waals surface area contributed by atoms with Gasteiger partial charge in [0.1, 0.15) is 0 Å². The molecule has 2 aliphatic rings. The molecule has 0 saturated carbocycles. The summed E-state index contributed by atoms with van der Waals surface area (Å²) in [5.74, 6) is -3.49. The van der Waals surface area contributed by atoms with Gasteiger partial charge in [0.15, 0.2) is 22.6 Å². The molecule has 0 amide bonds. The van der Waals surface area contributed by atoms with Crippen LogP contribution in [0.1, 0.15) is 38.2 Å². The Hall–Kier alpha value is -2.08. The molecule has 6 nitrogen and oxygen atoms in total. The summed E-state index contributed by atoms with van der Waals surface area (Å²) in [6, 6.07) is 6.92. The molecule has 2 fully saturated rings. The summed E-state index contributed by atoms with van der Waals surface area (Å²) in [6.07, 6.45) is 3.72. The zero-order valence-electron chi connectivity index (χ0n) is 19.9. The van der Waals surface area contributed by atoms with Gasteiger partial charge in [-0.3, -0.25) is 0 Å². The number of benzene rings is 2. The van der Waals surface area contributed by atoms with Crippen molar-refractivity contribution in [2.45, 2.75) is 61.1 Å². The largest absolute Gasteiger partial charge is 0.376 e. The van der Waals surface area contributed by atoms with Gasteiger partial charge in [0.2, 0.25) is 10.0 Å². The number of sulfonamides is 1. The molecule has 0 spiro atoms. The van der Waals surface area contributed by atoms with E-state index >= 15 is 0 Å². The van der Waals surface area contributed by atoms with Gasteiger partial charge in [0, 0.05) is 25.4 Å². The third kappa shape index (κ3) is 5.16. The Morgan fingerprint density at radius 2 is 1.89 bits per heavy atom. The van der Waals surface area contributed by atoms with Crippen LogP contribution >= 0.6 is 11.8 Å². The topological polar surface area (TPSA) is 64.4 Å². The first-order valence-corrected chi connectivity index (χ1v) is 14.5. The normalized spacial score (nSPS) is 21.4. The van der Waals surface area contributed by atoms with Gasteiger partial charge in [0.25, 0.3) is 0 Å². The van der Waals surface area contributed by atoms with Crippen molar-refractivity contribution in [1.29, 1.82) is 0 Å². The van der Waals surface area contributed by atoms with Crippen LogP contribution < -0.4 is 0 Å². The highest BCUT2D eigenvalue weighted by Gasteiger charge is 2.29. The fourth-order valence-corrected chi connectivity index (χ4v) is 7.45. The van der Waals surface area contributed by atoms with Crippen LogP contribution in [0.4, 0.5) is 13.2 Å². The van der Waals surface area contributed by atoms with Crippen LogP contribution in [-0.4, -0.2) is 48.1 Å². The molecule has 2 aliphatic heterocycles. The number of ether oxygens (including phenoxy) is 1. The number of fused-ring (bicyclic) bond motifs is 1. The van der Waals surface area contributed by atoms with E-state index in [1.54, 1.807) is 22.5 Å². The molecule has 1 aromatic heterocycles. The molecule has 0 bridgehead atoms. The van der Waals surface area contributed by atoms with E-state index < -0.39 is 27.5 Å². The van der Waals surface area contributed by atoms with Crippen LogP contribution in [0.15, 0.2) is 40.4 Å². The lowest BCUT2D eigenvalue weighted by Crippen LogP contribution is -2.39. The molecule has 36 heavy (non-hydrogen) atoms. The number of nitrogens with zero attached hydrogens (tertiary/aromatic N) is 3. The van der Waals surface area contributed by atoms with Gasteiger partial charge in [-0.1, -0.05) is 18.7 Å². The van der Waals surface area contributed by atoms with E-state index in [0.29, 0.717) is 42.8 Å². The number of halogens is 3. The highest BCUT2D eigenvalue weighted by Crippen LogP contribution is 2.32. The van der Waals surface area contributed by atoms with E-state index in [-0.39, 0.29) is 22.3 Å². The molecule has 0 aliphatic carbocycles. The van der Waals surface area contributed by atoms with Crippen molar-refractivity contribution in [3.05, 3.63) is 53.3 Å². The monoisotopic (exact) mass is 539 g/mol. The van der Waals surface area contributed by atoms with Gasteiger partial charge in [-0.15, -0.1) is 0 Å². The summed E-state index contributed by atoms with van der Waals surface area (Å²) in [4.78, 5) is 4.89. The minimum atomic E-state index is -3.65. The van der Waals surface area contributed by atoms with Crippen LogP contribution in [0.2, 0.25) is 0 Å². The predicted octanol–water partition coefficient (Wildman–Crippen LogP) is 5.35. The smallest absolute Gasteiger partial charge is 0.243 e. The molecule has 2 atom stereocenters. The number of hydrogen-bond acceptors (Lipinski definition) is 5. The zero-order chi connectivity index (χ0) is 25.4. The Morgan fingerprint density at radius 1 is 1.11 bits per heavy atom. The molecule has 3 aromatic rings. The molecular weight excluding hydrogens is 511 g/mol. The third-order valence-corrected chi connectivity index (χ3v) is 9.67. The Balaban J connectivity index is 1.47. The van der Waals surface area contributed by atoms with Gasteiger partial charge in [-0.2, -0.15) is 4.31 Å². The van der Waals surface area contributed by atoms with Crippen molar-refractivity contribution in [2.24, 2.45) is 5.92 Å². The molecule has 5 rings (SSSR count).